The molecule has 0 aliphatic heterocycles. The Morgan fingerprint density at radius 2 is 1.90 bits per heavy atom. The Morgan fingerprint density at radius 1 is 1.14 bits per heavy atom. The number of benzene rings is 2. The molecule has 7 heteroatoms. The second kappa shape index (κ2) is 9.23. The van der Waals surface area contributed by atoms with Gasteiger partial charge in [0, 0.05) is 5.56 Å². The summed E-state index contributed by atoms with van der Waals surface area (Å²) in [5.74, 6) is 1.33. The molecular formula is C22H25N3O4. The van der Waals surface area contributed by atoms with Gasteiger partial charge in [0.15, 0.2) is 11.8 Å². The van der Waals surface area contributed by atoms with Crippen molar-refractivity contribution in [3.8, 4) is 22.8 Å². The lowest BCUT2D eigenvalue weighted by atomic mass is 10.1. The smallest absolute Gasteiger partial charge is 0.266 e. The first-order valence-electron chi connectivity index (χ1n) is 9.64. The number of carbonyl (C=O) groups is 1. The van der Waals surface area contributed by atoms with Crippen LogP contribution in [0.2, 0.25) is 0 Å². The fourth-order valence-electron chi connectivity index (χ4n) is 2.85. The molecule has 7 nitrogen and oxygen atoms in total. The summed E-state index contributed by atoms with van der Waals surface area (Å²) < 4.78 is 16.1. The first kappa shape index (κ1) is 20.4. The maximum atomic E-state index is 12.6. The number of ether oxygens (including phenoxy) is 2. The molecular weight excluding hydrogens is 370 g/mol. The highest BCUT2D eigenvalue weighted by atomic mass is 16.6. The molecule has 0 radical (unpaired) electrons. The minimum atomic E-state index is -0.714. The third-order valence-electron chi connectivity index (χ3n) is 4.49. The molecule has 1 N–H and O–H groups in total. The lowest BCUT2D eigenvalue weighted by Gasteiger charge is -2.14. The summed E-state index contributed by atoms with van der Waals surface area (Å²) in [6, 6.07) is 13.3. The van der Waals surface area contributed by atoms with Gasteiger partial charge in [0.2, 0.25) is 5.82 Å². The van der Waals surface area contributed by atoms with Crippen molar-refractivity contribution in [3.05, 3.63) is 53.6 Å². The molecule has 1 atom stereocenters. The maximum absolute atomic E-state index is 12.6. The van der Waals surface area contributed by atoms with Crippen molar-refractivity contribution in [2.75, 3.05) is 11.9 Å². The van der Waals surface area contributed by atoms with Crippen LogP contribution in [0, 0.1) is 6.92 Å². The fraction of sp³-hybridized carbons (Fsp3) is 0.318. The van der Waals surface area contributed by atoms with Crippen LogP contribution in [0.15, 0.2) is 47.1 Å². The number of nitrogens with one attached hydrogen (secondary N) is 1. The summed E-state index contributed by atoms with van der Waals surface area (Å²) in [7, 11) is 0. The summed E-state index contributed by atoms with van der Waals surface area (Å²) in [5.41, 5.74) is 3.38. The van der Waals surface area contributed by atoms with Crippen molar-refractivity contribution in [3.63, 3.8) is 0 Å². The highest BCUT2D eigenvalue weighted by molar-refractivity contribution is 5.96. The predicted octanol–water partition coefficient (Wildman–Crippen LogP) is 4.41. The van der Waals surface area contributed by atoms with Gasteiger partial charge in [0.05, 0.1) is 6.61 Å². The highest BCUT2D eigenvalue weighted by Crippen LogP contribution is 2.29. The van der Waals surface area contributed by atoms with Gasteiger partial charge < -0.3 is 14.8 Å². The van der Waals surface area contributed by atoms with Crippen molar-refractivity contribution < 1.29 is 18.9 Å². The summed E-state index contributed by atoms with van der Waals surface area (Å²) in [5, 5.41) is 10.5. The summed E-state index contributed by atoms with van der Waals surface area (Å²) in [6.07, 6.45) is 0.234. The Bertz CT molecular complexity index is 966. The van der Waals surface area contributed by atoms with Gasteiger partial charge in [-0.3, -0.25) is 4.79 Å². The first-order chi connectivity index (χ1) is 14.0. The number of rotatable bonds is 8. The minimum absolute atomic E-state index is 0.246. The number of aryl methyl sites for hydroxylation is 2. The molecule has 0 aliphatic carbocycles. The number of anilines is 1. The predicted molar refractivity (Wildman–Crippen MR) is 110 cm³/mol. The van der Waals surface area contributed by atoms with Crippen LogP contribution in [0.5, 0.6) is 11.5 Å². The van der Waals surface area contributed by atoms with Gasteiger partial charge in [-0.05, 0) is 79.0 Å². The fourth-order valence-corrected chi connectivity index (χ4v) is 2.85. The Balaban J connectivity index is 1.70. The average Bonchev–Trinajstić information content (AvgIpc) is 3.18. The molecule has 0 saturated carbocycles. The van der Waals surface area contributed by atoms with E-state index in [1.54, 1.807) is 6.92 Å². The number of hydrogen-bond acceptors (Lipinski definition) is 6. The van der Waals surface area contributed by atoms with Crippen molar-refractivity contribution in [1.29, 1.82) is 0 Å². The zero-order valence-corrected chi connectivity index (χ0v) is 17.1. The van der Waals surface area contributed by atoms with Crippen LogP contribution in [0.25, 0.3) is 11.3 Å². The zero-order valence-electron chi connectivity index (χ0n) is 17.1. The Kier molecular flexibility index (Phi) is 6.49. The van der Waals surface area contributed by atoms with Gasteiger partial charge in [-0.2, -0.15) is 0 Å². The normalized spacial score (nSPS) is 11.7. The van der Waals surface area contributed by atoms with Crippen LogP contribution >= 0.6 is 0 Å². The van der Waals surface area contributed by atoms with E-state index in [4.69, 9.17) is 14.1 Å². The molecule has 152 valence electrons. The van der Waals surface area contributed by atoms with E-state index in [0.717, 1.165) is 23.3 Å². The number of amides is 1. The van der Waals surface area contributed by atoms with Crippen LogP contribution in [0.4, 0.5) is 5.82 Å². The van der Waals surface area contributed by atoms with E-state index in [1.807, 2.05) is 56.3 Å². The van der Waals surface area contributed by atoms with Crippen molar-refractivity contribution in [1.82, 2.24) is 10.3 Å². The molecule has 29 heavy (non-hydrogen) atoms. The van der Waals surface area contributed by atoms with Crippen LogP contribution in [0.1, 0.15) is 31.9 Å². The van der Waals surface area contributed by atoms with Gasteiger partial charge in [0.1, 0.15) is 11.5 Å². The summed E-state index contributed by atoms with van der Waals surface area (Å²) >= 11 is 0. The molecule has 1 amide bonds. The molecule has 0 saturated heterocycles. The zero-order chi connectivity index (χ0) is 20.8. The highest BCUT2D eigenvalue weighted by Gasteiger charge is 2.20. The van der Waals surface area contributed by atoms with E-state index in [9.17, 15) is 4.79 Å². The minimum Gasteiger partial charge on any atom is -0.494 e. The van der Waals surface area contributed by atoms with Crippen LogP contribution in [-0.4, -0.2) is 28.9 Å². The van der Waals surface area contributed by atoms with E-state index >= 15 is 0 Å². The largest absolute Gasteiger partial charge is 0.494 e. The Hall–Kier alpha value is -3.35. The van der Waals surface area contributed by atoms with E-state index in [2.05, 4.69) is 22.6 Å². The van der Waals surface area contributed by atoms with E-state index in [0.29, 0.717) is 18.1 Å². The summed E-state index contributed by atoms with van der Waals surface area (Å²) in [6.45, 7) is 8.23. The standard InChI is InChI=1S/C22H25N3O4/c1-5-16-7-10-18(11-8-16)28-15(4)22(26)23-21-20(24-29-25-21)17-9-12-19(27-6-2)14(3)13-17/h7-13,15H,5-6H2,1-4H3,(H,23,25,26)/t15-/m0/s1. The number of nitrogens with zero attached hydrogens (tertiary/aromatic N) is 2. The second-order valence-corrected chi connectivity index (χ2v) is 6.62. The van der Waals surface area contributed by atoms with Crippen LogP contribution in [0.3, 0.4) is 0 Å². The lowest BCUT2D eigenvalue weighted by Crippen LogP contribution is -2.30. The molecule has 0 spiro atoms. The maximum Gasteiger partial charge on any atom is 0.266 e. The van der Waals surface area contributed by atoms with Gasteiger partial charge in [0.25, 0.3) is 5.91 Å². The molecule has 2 aromatic carbocycles. The van der Waals surface area contributed by atoms with Crippen molar-refractivity contribution in [2.24, 2.45) is 0 Å². The molecule has 0 bridgehead atoms. The lowest BCUT2D eigenvalue weighted by molar-refractivity contribution is -0.122. The SMILES string of the molecule is CCOc1ccc(-c2nonc2NC(=O)[C@H](C)Oc2ccc(CC)cc2)cc1C. The third-order valence-corrected chi connectivity index (χ3v) is 4.49. The van der Waals surface area contributed by atoms with E-state index in [-0.39, 0.29) is 11.7 Å². The monoisotopic (exact) mass is 395 g/mol. The van der Waals surface area contributed by atoms with Crippen molar-refractivity contribution >= 4 is 11.7 Å². The Labute approximate surface area is 170 Å². The molecule has 3 rings (SSSR count). The Morgan fingerprint density at radius 3 is 2.55 bits per heavy atom. The van der Waals surface area contributed by atoms with Crippen LogP contribution in [-0.2, 0) is 11.2 Å². The van der Waals surface area contributed by atoms with E-state index in [1.165, 1.54) is 5.56 Å². The average molecular weight is 395 g/mol. The van der Waals surface area contributed by atoms with Crippen LogP contribution < -0.4 is 14.8 Å². The van der Waals surface area contributed by atoms with Gasteiger partial charge in [-0.25, -0.2) is 4.63 Å². The molecule has 0 aliphatic rings. The third kappa shape index (κ3) is 4.93. The number of hydrogen-bond donors (Lipinski definition) is 1. The quantitative estimate of drug-likeness (QED) is 0.608. The number of carbonyl (C=O) groups excluding carboxylic acids is 1. The second-order valence-electron chi connectivity index (χ2n) is 6.62. The van der Waals surface area contributed by atoms with E-state index < -0.39 is 6.10 Å². The molecule has 0 fully saturated rings. The number of aromatic nitrogens is 2. The molecule has 3 aromatic rings. The summed E-state index contributed by atoms with van der Waals surface area (Å²) in [4.78, 5) is 12.6. The molecule has 1 heterocycles. The van der Waals surface area contributed by atoms with Gasteiger partial charge in [-0.15, -0.1) is 0 Å². The molecule has 0 unspecified atom stereocenters. The van der Waals surface area contributed by atoms with Gasteiger partial charge in [-0.1, -0.05) is 19.1 Å². The molecule has 1 aromatic heterocycles. The first-order valence-corrected chi connectivity index (χ1v) is 9.64. The topological polar surface area (TPSA) is 86.5 Å². The van der Waals surface area contributed by atoms with Gasteiger partial charge >= 0.3 is 0 Å². The van der Waals surface area contributed by atoms with Crippen molar-refractivity contribution in [2.45, 2.75) is 40.2 Å².